The van der Waals surface area contributed by atoms with Crippen LogP contribution in [-0.2, 0) is 11.8 Å². The molecule has 3 aromatic rings. The number of carbonyl (C=O) groups is 1. The number of benzene rings is 2. The molecule has 0 radical (unpaired) electrons. The van der Waals surface area contributed by atoms with Crippen molar-refractivity contribution in [3.8, 4) is 11.1 Å². The zero-order valence-corrected chi connectivity index (χ0v) is 18.9. The second-order valence-electron chi connectivity index (χ2n) is 8.02. The van der Waals surface area contributed by atoms with Crippen LogP contribution in [0.2, 0.25) is 0 Å². The van der Waals surface area contributed by atoms with Crippen LogP contribution in [0, 0.1) is 5.41 Å². The average Bonchev–Trinajstić information content (AvgIpc) is 3.30. The minimum absolute atomic E-state index is 0.0424. The van der Waals surface area contributed by atoms with Crippen LogP contribution >= 0.6 is 0 Å². The van der Waals surface area contributed by atoms with Crippen LogP contribution in [0.25, 0.3) is 11.1 Å². The molecular formula is C24H28N8O2. The van der Waals surface area contributed by atoms with E-state index >= 15 is 0 Å². The number of nitrogens with two attached hydrogens (primary N) is 3. The lowest BCUT2D eigenvalue weighted by atomic mass is 10.00. The third kappa shape index (κ3) is 4.92. The van der Waals surface area contributed by atoms with Gasteiger partial charge >= 0.3 is 0 Å². The molecule has 2 aromatic carbocycles. The summed E-state index contributed by atoms with van der Waals surface area (Å²) in [5.41, 5.74) is 16.4. The molecule has 0 bridgehead atoms. The molecule has 0 aliphatic carbocycles. The topological polar surface area (TPSA) is 153 Å². The molecule has 1 saturated heterocycles. The number of nitrogens with one attached hydrogen (secondary N) is 1. The molecule has 10 heteroatoms. The van der Waals surface area contributed by atoms with Gasteiger partial charge in [-0.1, -0.05) is 6.07 Å². The summed E-state index contributed by atoms with van der Waals surface area (Å²) in [5.74, 6) is 6.13. The Bertz CT molecular complexity index is 1230. The fourth-order valence-electron chi connectivity index (χ4n) is 3.69. The number of ether oxygens (including phenoxy) is 1. The lowest BCUT2D eigenvalue weighted by Crippen LogP contribution is -2.40. The predicted molar refractivity (Wildman–Crippen MR) is 132 cm³/mol. The van der Waals surface area contributed by atoms with Crippen molar-refractivity contribution in [2.45, 2.75) is 0 Å². The molecular weight excluding hydrogens is 432 g/mol. The van der Waals surface area contributed by atoms with Crippen molar-refractivity contribution in [1.82, 2.24) is 14.7 Å². The highest BCUT2D eigenvalue weighted by atomic mass is 16.5. The largest absolute Gasteiger partial charge is 0.398 e. The monoisotopic (exact) mass is 460 g/mol. The lowest BCUT2D eigenvalue weighted by Gasteiger charge is -2.27. The molecule has 7 N–H and O–H groups in total. The van der Waals surface area contributed by atoms with E-state index < -0.39 is 0 Å². The van der Waals surface area contributed by atoms with Crippen molar-refractivity contribution in [2.24, 2.45) is 18.6 Å². The Morgan fingerprint density at radius 1 is 1.15 bits per heavy atom. The van der Waals surface area contributed by atoms with Crippen molar-refractivity contribution < 1.29 is 9.53 Å². The molecule has 0 spiro atoms. The van der Waals surface area contributed by atoms with Gasteiger partial charge in [-0.25, -0.2) is 5.84 Å². The summed E-state index contributed by atoms with van der Waals surface area (Å²) in [4.78, 5) is 14.4. The normalized spacial score (nSPS) is 14.2. The first-order valence-electron chi connectivity index (χ1n) is 10.8. The smallest absolute Gasteiger partial charge is 0.254 e. The molecule has 0 unspecified atom stereocenters. The number of anilines is 2. The number of allylic oxidation sites excluding steroid dienone is 1. The fraction of sp³-hybridized carbons (Fsp3) is 0.208. The van der Waals surface area contributed by atoms with E-state index in [0.717, 1.165) is 11.1 Å². The van der Waals surface area contributed by atoms with Gasteiger partial charge in [0.25, 0.3) is 5.91 Å². The van der Waals surface area contributed by atoms with E-state index in [1.54, 1.807) is 46.1 Å². The summed E-state index contributed by atoms with van der Waals surface area (Å²) < 4.78 is 7.00. The van der Waals surface area contributed by atoms with Crippen molar-refractivity contribution in [2.75, 3.05) is 37.0 Å². The zero-order valence-electron chi connectivity index (χ0n) is 18.9. The minimum atomic E-state index is -0.0424. The number of nitrogen functional groups attached to an aromatic ring is 1. The van der Waals surface area contributed by atoms with Gasteiger partial charge in [0.2, 0.25) is 0 Å². The van der Waals surface area contributed by atoms with E-state index in [2.05, 4.69) is 5.10 Å². The number of hydrazine groups is 1. The van der Waals surface area contributed by atoms with Gasteiger partial charge in [-0.05, 0) is 42.0 Å². The molecule has 4 rings (SSSR count). The van der Waals surface area contributed by atoms with Crippen LogP contribution in [-0.4, -0.2) is 52.6 Å². The van der Waals surface area contributed by atoms with Gasteiger partial charge in [-0.15, -0.1) is 0 Å². The van der Waals surface area contributed by atoms with E-state index in [4.69, 9.17) is 27.5 Å². The van der Waals surface area contributed by atoms with Crippen LogP contribution in [0.15, 0.2) is 66.8 Å². The summed E-state index contributed by atoms with van der Waals surface area (Å²) in [5, 5.41) is 14.1. The number of morpholine rings is 1. The first-order chi connectivity index (χ1) is 16.3. The molecule has 1 aromatic heterocycles. The number of nitrogens with zero attached hydrogens (tertiary/aromatic N) is 4. The maximum atomic E-state index is 12.6. The number of aromatic nitrogens is 2. The van der Waals surface area contributed by atoms with Gasteiger partial charge < -0.3 is 21.1 Å². The molecule has 1 aliphatic rings. The van der Waals surface area contributed by atoms with E-state index in [0.29, 0.717) is 48.8 Å². The number of aryl methyl sites for hydroxylation is 1. The summed E-state index contributed by atoms with van der Waals surface area (Å²) in [7, 11) is 1.84. The van der Waals surface area contributed by atoms with Gasteiger partial charge in [0.05, 0.1) is 36.5 Å². The average molecular weight is 461 g/mol. The third-order valence-corrected chi connectivity index (χ3v) is 5.64. The van der Waals surface area contributed by atoms with Gasteiger partial charge in [-0.3, -0.25) is 19.9 Å². The molecule has 1 amide bonds. The molecule has 10 nitrogen and oxygen atoms in total. The zero-order chi connectivity index (χ0) is 24.2. The molecule has 1 aliphatic heterocycles. The second kappa shape index (κ2) is 9.77. The van der Waals surface area contributed by atoms with Crippen molar-refractivity contribution in [3.05, 3.63) is 77.9 Å². The summed E-state index contributed by atoms with van der Waals surface area (Å²) in [6.07, 6.45) is 5.08. The van der Waals surface area contributed by atoms with Crippen LogP contribution in [0.3, 0.4) is 0 Å². The SMILES string of the molecule is Cn1cc(-c2ccc(N)c(C(=N)/C(N)=C/N(N)c3ccc(C(=O)N4CCOCC4)cc3)c2)cn1. The predicted octanol–water partition coefficient (Wildman–Crippen LogP) is 1.69. The van der Waals surface area contributed by atoms with Crippen LogP contribution in [0.5, 0.6) is 0 Å². The number of carbonyl (C=O) groups excluding carboxylic acids is 1. The third-order valence-electron chi connectivity index (χ3n) is 5.64. The molecule has 0 saturated carbocycles. The Balaban J connectivity index is 1.49. The van der Waals surface area contributed by atoms with E-state index in [9.17, 15) is 4.79 Å². The number of rotatable bonds is 6. The Kier molecular flexibility index (Phi) is 6.62. The number of hydrogen-bond donors (Lipinski definition) is 4. The lowest BCUT2D eigenvalue weighted by molar-refractivity contribution is 0.0303. The van der Waals surface area contributed by atoms with Gasteiger partial charge in [0, 0.05) is 54.9 Å². The summed E-state index contributed by atoms with van der Waals surface area (Å²) in [6, 6.07) is 12.3. The van der Waals surface area contributed by atoms with Crippen LogP contribution < -0.4 is 22.3 Å². The Labute approximate surface area is 197 Å². The first-order valence-corrected chi connectivity index (χ1v) is 10.8. The van der Waals surface area contributed by atoms with Gasteiger partial charge in [-0.2, -0.15) is 5.10 Å². The second-order valence-corrected chi connectivity index (χ2v) is 8.02. The Hall–Kier alpha value is -4.15. The summed E-state index contributed by atoms with van der Waals surface area (Å²) in [6.45, 7) is 2.25. The van der Waals surface area contributed by atoms with E-state index in [-0.39, 0.29) is 17.3 Å². The van der Waals surface area contributed by atoms with Crippen molar-refractivity contribution >= 4 is 23.0 Å². The van der Waals surface area contributed by atoms with Crippen LogP contribution in [0.4, 0.5) is 11.4 Å². The first kappa shape index (κ1) is 23.0. The fourth-order valence-corrected chi connectivity index (χ4v) is 3.69. The highest BCUT2D eigenvalue weighted by Gasteiger charge is 2.18. The van der Waals surface area contributed by atoms with E-state index in [1.807, 2.05) is 25.4 Å². The van der Waals surface area contributed by atoms with Gasteiger partial charge in [0.1, 0.15) is 0 Å². The highest BCUT2D eigenvalue weighted by Crippen LogP contribution is 2.25. The quantitative estimate of drug-likeness (QED) is 0.189. The Morgan fingerprint density at radius 3 is 2.50 bits per heavy atom. The highest BCUT2D eigenvalue weighted by molar-refractivity contribution is 6.13. The maximum absolute atomic E-state index is 12.6. The number of amides is 1. The molecule has 1 fully saturated rings. The van der Waals surface area contributed by atoms with E-state index in [1.165, 1.54) is 11.2 Å². The standard InChI is InChI=1S/C24H28N8O2/c1-30-14-18(13-29-30)17-4-7-21(25)20(12-17)23(27)22(26)15-32(28)19-5-2-16(3-6-19)24(33)31-8-10-34-11-9-31/h2-7,12-15,27H,8-11,25-26,28H2,1H3/b22-15-,27-23?. The van der Waals surface area contributed by atoms with Crippen molar-refractivity contribution in [3.63, 3.8) is 0 Å². The van der Waals surface area contributed by atoms with Crippen molar-refractivity contribution in [1.29, 1.82) is 5.41 Å². The minimum Gasteiger partial charge on any atom is -0.398 e. The summed E-state index contributed by atoms with van der Waals surface area (Å²) >= 11 is 0. The molecule has 176 valence electrons. The van der Waals surface area contributed by atoms with Gasteiger partial charge in [0.15, 0.2) is 0 Å². The molecule has 34 heavy (non-hydrogen) atoms. The molecule has 0 atom stereocenters. The molecule has 2 heterocycles. The van der Waals surface area contributed by atoms with Crippen LogP contribution in [0.1, 0.15) is 15.9 Å². The Morgan fingerprint density at radius 2 is 1.85 bits per heavy atom. The maximum Gasteiger partial charge on any atom is 0.254 e. The number of hydrogen-bond acceptors (Lipinski definition) is 8.